The van der Waals surface area contributed by atoms with Gasteiger partial charge in [-0.1, -0.05) is 47.0 Å². The van der Waals surface area contributed by atoms with Crippen LogP contribution in [0.25, 0.3) is 17.4 Å². The largest absolute Gasteiger partial charge is 0.457 e. The average molecular weight is 525 g/mol. The van der Waals surface area contributed by atoms with Crippen LogP contribution in [-0.2, 0) is 16.1 Å². The van der Waals surface area contributed by atoms with Crippen LogP contribution in [0.4, 0.5) is 5.95 Å². The minimum Gasteiger partial charge on any atom is -0.457 e. The maximum absolute atomic E-state index is 12.7. The monoisotopic (exact) mass is 524 g/mol. The molecule has 10 nitrogen and oxygen atoms in total. The Morgan fingerprint density at radius 3 is 2.72 bits per heavy atom. The highest BCUT2D eigenvalue weighted by molar-refractivity contribution is 6.33. The van der Waals surface area contributed by atoms with Crippen LogP contribution >= 0.6 is 24.0 Å². The number of benzene rings is 2. The molecule has 36 heavy (non-hydrogen) atoms. The molecule has 4 aromatic rings. The Kier molecular flexibility index (Phi) is 7.28. The SMILES string of the molecule is CC1=NN(c2nn[nH]n2)C(=O)C1=Cc1ccc(-c2ccc(Cl)c(C(=O)OCc3ccccc3)c2)o1.Cl. The molecule has 0 spiro atoms. The molecule has 0 saturated carbocycles. The standard InChI is InChI=1S/C24H17ClN6O4.ClH/c1-14-18(22(32)31(28-14)24-26-29-30-27-24)12-17-8-10-21(35-17)16-7-9-20(25)19(11-16)23(33)34-13-15-5-3-2-4-6-15;/h2-12H,13H2,1H3,(H,26,27,29,30);1H. The predicted octanol–water partition coefficient (Wildman–Crippen LogP) is 4.70. The van der Waals surface area contributed by atoms with E-state index in [1.165, 1.54) is 0 Å². The molecule has 1 aliphatic rings. The van der Waals surface area contributed by atoms with Gasteiger partial charge in [0.1, 0.15) is 18.1 Å². The van der Waals surface area contributed by atoms with Crippen LogP contribution in [0, 0.1) is 0 Å². The van der Waals surface area contributed by atoms with E-state index >= 15 is 0 Å². The lowest BCUT2D eigenvalue weighted by molar-refractivity contribution is -0.114. The highest BCUT2D eigenvalue weighted by atomic mass is 35.5. The van der Waals surface area contributed by atoms with Gasteiger partial charge in [0.15, 0.2) is 0 Å². The first-order valence-corrected chi connectivity index (χ1v) is 10.8. The second-order valence-corrected chi connectivity index (χ2v) is 7.94. The molecular formula is C24H18Cl2N6O4. The maximum atomic E-state index is 12.7. The summed E-state index contributed by atoms with van der Waals surface area (Å²) >= 11 is 6.25. The highest BCUT2D eigenvalue weighted by Gasteiger charge is 2.31. The Labute approximate surface area is 216 Å². The number of hydrogen-bond donors (Lipinski definition) is 1. The van der Waals surface area contributed by atoms with Gasteiger partial charge in [0.2, 0.25) is 0 Å². The van der Waals surface area contributed by atoms with Crippen molar-refractivity contribution in [2.24, 2.45) is 5.10 Å². The molecule has 2 aromatic heterocycles. The second kappa shape index (κ2) is 10.5. The summed E-state index contributed by atoms with van der Waals surface area (Å²) in [5.74, 6) is 0.0127. The Bertz CT molecular complexity index is 1470. The molecule has 0 atom stereocenters. The second-order valence-electron chi connectivity index (χ2n) is 7.53. The van der Waals surface area contributed by atoms with E-state index in [0.29, 0.717) is 28.4 Å². The number of ether oxygens (including phenoxy) is 1. The molecule has 182 valence electrons. The minimum atomic E-state index is -0.542. The van der Waals surface area contributed by atoms with Crippen molar-refractivity contribution in [2.75, 3.05) is 5.01 Å². The predicted molar refractivity (Wildman–Crippen MR) is 135 cm³/mol. The summed E-state index contributed by atoms with van der Waals surface area (Å²) in [4.78, 5) is 25.4. The third-order valence-corrected chi connectivity index (χ3v) is 5.51. The topological polar surface area (TPSA) is 127 Å². The van der Waals surface area contributed by atoms with E-state index < -0.39 is 11.9 Å². The number of furan rings is 1. The van der Waals surface area contributed by atoms with E-state index in [2.05, 4.69) is 25.7 Å². The van der Waals surface area contributed by atoms with Gasteiger partial charge in [0.25, 0.3) is 11.9 Å². The van der Waals surface area contributed by atoms with Crippen molar-refractivity contribution in [3.63, 3.8) is 0 Å². The molecule has 12 heteroatoms. The molecule has 0 radical (unpaired) electrons. The third-order valence-electron chi connectivity index (χ3n) is 5.18. The van der Waals surface area contributed by atoms with E-state index in [1.807, 2.05) is 30.3 Å². The molecule has 0 bridgehead atoms. The lowest BCUT2D eigenvalue weighted by atomic mass is 10.1. The van der Waals surface area contributed by atoms with E-state index in [9.17, 15) is 9.59 Å². The van der Waals surface area contributed by atoms with Crippen LogP contribution in [0.3, 0.4) is 0 Å². The van der Waals surface area contributed by atoms with Crippen LogP contribution in [-0.4, -0.2) is 38.2 Å². The molecule has 1 N–H and O–H groups in total. The van der Waals surface area contributed by atoms with Gasteiger partial charge in [-0.3, -0.25) is 4.79 Å². The number of nitrogens with one attached hydrogen (secondary N) is 1. The molecule has 3 heterocycles. The zero-order valence-corrected chi connectivity index (χ0v) is 20.3. The van der Waals surface area contributed by atoms with Gasteiger partial charge in [-0.25, -0.2) is 4.79 Å². The normalized spacial score (nSPS) is 14.1. The molecular weight excluding hydrogens is 507 g/mol. The molecule has 5 rings (SSSR count). The summed E-state index contributed by atoms with van der Waals surface area (Å²) < 4.78 is 11.3. The van der Waals surface area contributed by atoms with Gasteiger partial charge >= 0.3 is 5.97 Å². The van der Waals surface area contributed by atoms with E-state index in [1.54, 1.807) is 43.3 Å². The average Bonchev–Trinajstić information content (AvgIpc) is 3.62. The zero-order chi connectivity index (χ0) is 24.4. The Balaban J connectivity index is 0.00000304. The van der Waals surface area contributed by atoms with Crippen molar-refractivity contribution in [2.45, 2.75) is 13.5 Å². The number of tetrazole rings is 1. The maximum Gasteiger partial charge on any atom is 0.340 e. The van der Waals surface area contributed by atoms with Crippen molar-refractivity contribution in [1.29, 1.82) is 0 Å². The van der Waals surface area contributed by atoms with Crippen LogP contribution in [0.1, 0.15) is 28.6 Å². The summed E-state index contributed by atoms with van der Waals surface area (Å²) in [7, 11) is 0. The summed E-state index contributed by atoms with van der Waals surface area (Å²) in [5, 5.41) is 18.8. The van der Waals surface area contributed by atoms with Crippen LogP contribution in [0.2, 0.25) is 5.02 Å². The van der Waals surface area contributed by atoms with Crippen molar-refractivity contribution in [1.82, 2.24) is 20.6 Å². The first kappa shape index (κ1) is 24.8. The van der Waals surface area contributed by atoms with Crippen LogP contribution < -0.4 is 5.01 Å². The lowest BCUT2D eigenvalue weighted by Gasteiger charge is -2.08. The number of carbonyl (C=O) groups is 2. The quantitative estimate of drug-likeness (QED) is 0.286. The van der Waals surface area contributed by atoms with Gasteiger partial charge in [0.05, 0.1) is 21.9 Å². The first-order valence-electron chi connectivity index (χ1n) is 10.5. The first-order chi connectivity index (χ1) is 17.0. The number of aromatic amines is 1. The fourth-order valence-corrected chi connectivity index (χ4v) is 3.62. The molecule has 0 unspecified atom stereocenters. The van der Waals surface area contributed by atoms with Crippen molar-refractivity contribution in [3.8, 4) is 11.3 Å². The van der Waals surface area contributed by atoms with E-state index in [-0.39, 0.29) is 35.5 Å². The number of rotatable bonds is 6. The Morgan fingerprint density at radius 1 is 1.17 bits per heavy atom. The fourth-order valence-electron chi connectivity index (χ4n) is 3.43. The number of halogens is 2. The van der Waals surface area contributed by atoms with E-state index in [4.69, 9.17) is 20.8 Å². The lowest BCUT2D eigenvalue weighted by Crippen LogP contribution is -2.22. The van der Waals surface area contributed by atoms with Gasteiger partial charge in [0, 0.05) is 5.56 Å². The smallest absolute Gasteiger partial charge is 0.340 e. The van der Waals surface area contributed by atoms with Crippen LogP contribution in [0.15, 0.2) is 75.8 Å². The molecule has 2 aromatic carbocycles. The number of hydrazone groups is 1. The van der Waals surface area contributed by atoms with Crippen molar-refractivity contribution < 1.29 is 18.7 Å². The number of esters is 1. The number of aromatic nitrogens is 4. The van der Waals surface area contributed by atoms with Crippen LogP contribution in [0.5, 0.6) is 0 Å². The van der Waals surface area contributed by atoms with Crippen molar-refractivity contribution in [3.05, 3.63) is 88.1 Å². The molecule has 1 amide bonds. The zero-order valence-electron chi connectivity index (χ0n) is 18.7. The molecule has 1 aliphatic heterocycles. The Hall–Kier alpha value is -4.28. The van der Waals surface area contributed by atoms with Crippen molar-refractivity contribution >= 4 is 53.6 Å². The number of amides is 1. The summed E-state index contributed by atoms with van der Waals surface area (Å²) in [5.41, 5.74) is 2.53. The number of carbonyl (C=O) groups excluding carboxylic acids is 2. The number of nitrogens with zero attached hydrogens (tertiary/aromatic N) is 5. The van der Waals surface area contributed by atoms with Gasteiger partial charge in [-0.2, -0.15) is 15.3 Å². The number of hydrogen-bond acceptors (Lipinski definition) is 8. The highest BCUT2D eigenvalue weighted by Crippen LogP contribution is 2.29. The minimum absolute atomic E-state index is 0. The summed E-state index contributed by atoms with van der Waals surface area (Å²) in [6.07, 6.45) is 1.58. The van der Waals surface area contributed by atoms with Gasteiger partial charge < -0.3 is 9.15 Å². The Morgan fingerprint density at radius 2 is 1.97 bits per heavy atom. The number of H-pyrrole nitrogens is 1. The third kappa shape index (κ3) is 5.04. The van der Waals surface area contributed by atoms with Gasteiger partial charge in [-0.05, 0) is 54.1 Å². The summed E-state index contributed by atoms with van der Waals surface area (Å²) in [6.45, 7) is 1.83. The van der Waals surface area contributed by atoms with E-state index in [0.717, 1.165) is 10.6 Å². The number of anilines is 1. The molecule has 0 aliphatic carbocycles. The molecule has 0 saturated heterocycles. The van der Waals surface area contributed by atoms with Gasteiger partial charge in [-0.15, -0.1) is 17.5 Å². The fraction of sp³-hybridized carbons (Fsp3) is 0.0833. The summed E-state index contributed by atoms with van der Waals surface area (Å²) in [6, 6.07) is 17.8. The molecule has 0 fully saturated rings.